The maximum atomic E-state index is 12.3. The van der Waals surface area contributed by atoms with Gasteiger partial charge in [0.2, 0.25) is 5.91 Å². The van der Waals surface area contributed by atoms with Crippen LogP contribution in [0.1, 0.15) is 40.2 Å². The molecule has 5 nitrogen and oxygen atoms in total. The number of carbonyl (C=O) groups is 2. The zero-order valence-electron chi connectivity index (χ0n) is 11.5. The summed E-state index contributed by atoms with van der Waals surface area (Å²) in [6, 6.07) is 3.32. The third-order valence-electron chi connectivity index (χ3n) is 3.87. The number of rotatable bonds is 7. The molecule has 0 atom stereocenters. The van der Waals surface area contributed by atoms with Crippen molar-refractivity contribution in [3.05, 3.63) is 21.9 Å². The smallest absolute Gasteiger partial charge is 0.345 e. The Morgan fingerprint density at radius 3 is 2.70 bits per heavy atom. The molecule has 6 heteroatoms. The molecule has 2 rings (SSSR count). The Bertz CT molecular complexity index is 493. The first-order valence-electron chi connectivity index (χ1n) is 6.67. The molecule has 1 fully saturated rings. The first kappa shape index (κ1) is 15.0. The fraction of sp³-hybridized carbons (Fsp3) is 0.571. The monoisotopic (exact) mass is 297 g/mol. The van der Waals surface area contributed by atoms with E-state index in [9.17, 15) is 9.59 Å². The van der Waals surface area contributed by atoms with Gasteiger partial charge in [-0.3, -0.25) is 4.79 Å². The van der Waals surface area contributed by atoms with Crippen LogP contribution in [0.2, 0.25) is 0 Å². The van der Waals surface area contributed by atoms with Crippen LogP contribution in [0.25, 0.3) is 0 Å². The average molecular weight is 297 g/mol. The Balaban J connectivity index is 1.88. The largest absolute Gasteiger partial charge is 0.477 e. The van der Waals surface area contributed by atoms with Crippen molar-refractivity contribution in [2.45, 2.75) is 32.2 Å². The lowest BCUT2D eigenvalue weighted by Gasteiger charge is -2.40. The number of carboxylic acids is 1. The molecule has 110 valence electrons. The zero-order chi connectivity index (χ0) is 14.6. The Kier molecular flexibility index (Phi) is 4.77. The van der Waals surface area contributed by atoms with Crippen LogP contribution in [-0.4, -0.2) is 30.7 Å². The molecule has 1 amide bonds. The molecule has 1 saturated carbocycles. The molecule has 0 aromatic carbocycles. The number of amides is 1. The highest BCUT2D eigenvalue weighted by molar-refractivity contribution is 7.13. The van der Waals surface area contributed by atoms with Crippen LogP contribution >= 0.6 is 11.3 Å². The van der Waals surface area contributed by atoms with Crippen LogP contribution in [0.15, 0.2) is 12.1 Å². The van der Waals surface area contributed by atoms with Gasteiger partial charge in [0.15, 0.2) is 0 Å². The van der Waals surface area contributed by atoms with Crippen molar-refractivity contribution in [1.82, 2.24) is 5.32 Å². The number of methoxy groups -OCH3 is 1. The van der Waals surface area contributed by atoms with Gasteiger partial charge in [-0.25, -0.2) is 4.79 Å². The normalized spacial score (nSPS) is 16.4. The van der Waals surface area contributed by atoms with E-state index in [1.54, 1.807) is 19.2 Å². The molecule has 1 aromatic rings. The summed E-state index contributed by atoms with van der Waals surface area (Å²) in [5.74, 6) is -0.866. The molecule has 0 bridgehead atoms. The van der Waals surface area contributed by atoms with Gasteiger partial charge in [-0.1, -0.05) is 6.42 Å². The summed E-state index contributed by atoms with van der Waals surface area (Å²) in [6.45, 7) is 0.987. The van der Waals surface area contributed by atoms with Gasteiger partial charge in [0.05, 0.1) is 12.0 Å². The SMILES string of the molecule is COCCC1(C(=O)NCc2ccc(C(=O)O)s2)CCC1. The van der Waals surface area contributed by atoms with Gasteiger partial charge in [-0.05, 0) is 31.4 Å². The van der Waals surface area contributed by atoms with E-state index in [-0.39, 0.29) is 11.3 Å². The fourth-order valence-corrected chi connectivity index (χ4v) is 3.22. The number of ether oxygens (including phenoxy) is 1. The zero-order valence-corrected chi connectivity index (χ0v) is 12.3. The minimum atomic E-state index is -0.928. The molecule has 0 radical (unpaired) electrons. The predicted molar refractivity (Wildman–Crippen MR) is 75.9 cm³/mol. The van der Waals surface area contributed by atoms with Gasteiger partial charge in [0.25, 0.3) is 0 Å². The molecule has 1 aliphatic rings. The van der Waals surface area contributed by atoms with Crippen LogP contribution in [0.3, 0.4) is 0 Å². The van der Waals surface area contributed by atoms with Crippen LogP contribution < -0.4 is 5.32 Å². The first-order valence-corrected chi connectivity index (χ1v) is 7.48. The maximum Gasteiger partial charge on any atom is 0.345 e. The summed E-state index contributed by atoms with van der Waals surface area (Å²) in [5, 5.41) is 11.8. The number of hydrogen-bond donors (Lipinski definition) is 2. The molecule has 1 heterocycles. The predicted octanol–water partition coefficient (Wildman–Crippen LogP) is 2.27. The number of aromatic carboxylic acids is 1. The molecule has 20 heavy (non-hydrogen) atoms. The molecule has 0 aliphatic heterocycles. The fourth-order valence-electron chi connectivity index (χ4n) is 2.43. The standard InChI is InChI=1S/C14H19NO4S/c1-19-8-7-14(5-2-6-14)13(18)15-9-10-3-4-11(20-10)12(16)17/h3-4H,2,5-9H2,1H3,(H,15,18)(H,16,17). The lowest BCUT2D eigenvalue weighted by molar-refractivity contribution is -0.137. The second kappa shape index (κ2) is 6.37. The average Bonchev–Trinajstić information content (AvgIpc) is 2.84. The highest BCUT2D eigenvalue weighted by Crippen LogP contribution is 2.44. The summed E-state index contributed by atoms with van der Waals surface area (Å²) in [7, 11) is 1.64. The molecule has 0 spiro atoms. The van der Waals surface area contributed by atoms with Crippen molar-refractivity contribution in [1.29, 1.82) is 0 Å². The molecular formula is C14H19NO4S. The highest BCUT2D eigenvalue weighted by atomic mass is 32.1. The van der Waals surface area contributed by atoms with E-state index >= 15 is 0 Å². The van der Waals surface area contributed by atoms with Crippen molar-refractivity contribution >= 4 is 23.2 Å². The molecular weight excluding hydrogens is 278 g/mol. The topological polar surface area (TPSA) is 75.6 Å². The van der Waals surface area contributed by atoms with Crippen LogP contribution in [0.5, 0.6) is 0 Å². The van der Waals surface area contributed by atoms with E-state index < -0.39 is 5.97 Å². The van der Waals surface area contributed by atoms with Crippen LogP contribution in [0, 0.1) is 5.41 Å². The molecule has 0 saturated heterocycles. The Morgan fingerprint density at radius 2 is 2.20 bits per heavy atom. The van der Waals surface area contributed by atoms with Crippen molar-refractivity contribution in [3.63, 3.8) is 0 Å². The Hall–Kier alpha value is -1.40. The minimum absolute atomic E-state index is 0.0612. The van der Waals surface area contributed by atoms with Crippen LogP contribution in [0.4, 0.5) is 0 Å². The third-order valence-corrected chi connectivity index (χ3v) is 4.95. The first-order chi connectivity index (χ1) is 9.57. The van der Waals surface area contributed by atoms with Crippen molar-refractivity contribution in [2.24, 2.45) is 5.41 Å². The molecule has 2 N–H and O–H groups in total. The maximum absolute atomic E-state index is 12.3. The van der Waals surface area contributed by atoms with Crippen molar-refractivity contribution < 1.29 is 19.4 Å². The van der Waals surface area contributed by atoms with E-state index in [1.807, 2.05) is 0 Å². The van der Waals surface area contributed by atoms with Gasteiger partial charge in [0.1, 0.15) is 4.88 Å². The minimum Gasteiger partial charge on any atom is -0.477 e. The number of nitrogens with one attached hydrogen (secondary N) is 1. The number of carbonyl (C=O) groups excluding carboxylic acids is 1. The van der Waals surface area contributed by atoms with E-state index in [0.717, 1.165) is 30.6 Å². The van der Waals surface area contributed by atoms with E-state index in [2.05, 4.69) is 5.32 Å². The number of thiophene rings is 1. The number of carboxylic acid groups (broad SMARTS) is 1. The van der Waals surface area contributed by atoms with Crippen molar-refractivity contribution in [3.8, 4) is 0 Å². The Labute approximate surface area is 121 Å². The summed E-state index contributed by atoms with van der Waals surface area (Å²) in [6.07, 6.45) is 3.65. The highest BCUT2D eigenvalue weighted by Gasteiger charge is 2.43. The summed E-state index contributed by atoms with van der Waals surface area (Å²) in [4.78, 5) is 24.2. The second-order valence-electron chi connectivity index (χ2n) is 5.13. The lowest BCUT2D eigenvalue weighted by atomic mass is 9.66. The molecule has 1 aromatic heterocycles. The third kappa shape index (κ3) is 3.19. The summed E-state index contributed by atoms with van der Waals surface area (Å²) < 4.78 is 5.07. The lowest BCUT2D eigenvalue weighted by Crippen LogP contribution is -2.46. The molecule has 0 unspecified atom stereocenters. The van der Waals surface area contributed by atoms with Gasteiger partial charge < -0.3 is 15.2 Å². The van der Waals surface area contributed by atoms with Gasteiger partial charge in [-0.2, -0.15) is 0 Å². The van der Waals surface area contributed by atoms with Crippen LogP contribution in [-0.2, 0) is 16.1 Å². The van der Waals surface area contributed by atoms with E-state index in [4.69, 9.17) is 9.84 Å². The quantitative estimate of drug-likeness (QED) is 0.809. The van der Waals surface area contributed by atoms with Gasteiger partial charge in [0, 0.05) is 18.6 Å². The molecule has 1 aliphatic carbocycles. The summed E-state index contributed by atoms with van der Waals surface area (Å²) >= 11 is 1.20. The number of hydrogen-bond acceptors (Lipinski definition) is 4. The van der Waals surface area contributed by atoms with Crippen molar-refractivity contribution in [2.75, 3.05) is 13.7 Å². The summed E-state index contributed by atoms with van der Waals surface area (Å²) in [5.41, 5.74) is -0.275. The Morgan fingerprint density at radius 1 is 1.45 bits per heavy atom. The second-order valence-corrected chi connectivity index (χ2v) is 6.30. The van der Waals surface area contributed by atoms with E-state index in [0.29, 0.717) is 18.0 Å². The van der Waals surface area contributed by atoms with Gasteiger partial charge >= 0.3 is 5.97 Å². The van der Waals surface area contributed by atoms with E-state index in [1.165, 1.54) is 11.3 Å². The van der Waals surface area contributed by atoms with Gasteiger partial charge in [-0.15, -0.1) is 11.3 Å².